The Kier molecular flexibility index (Phi) is 5.35. The summed E-state index contributed by atoms with van der Waals surface area (Å²) in [6, 6.07) is 0. The normalized spacial score (nSPS) is 17.3. The van der Waals surface area contributed by atoms with E-state index in [1.54, 1.807) is 0 Å². The van der Waals surface area contributed by atoms with Crippen molar-refractivity contribution in [1.82, 2.24) is 0 Å². The largest absolute Gasteiger partial charge is 1.00 e. The molecule has 1 aliphatic rings. The minimum atomic E-state index is 0. The van der Waals surface area contributed by atoms with Gasteiger partial charge in [-0.25, -0.2) is 0 Å². The Morgan fingerprint density at radius 2 is 2.50 bits per heavy atom. The summed E-state index contributed by atoms with van der Waals surface area (Å²) in [5, 5.41) is 1.45. The first-order chi connectivity index (χ1) is 2.50. The summed E-state index contributed by atoms with van der Waals surface area (Å²) in [5.41, 5.74) is 0. The van der Waals surface area contributed by atoms with Gasteiger partial charge >= 0.3 is 67.3 Å². The van der Waals surface area contributed by atoms with Crippen LogP contribution in [0.1, 0.15) is 7.85 Å². The van der Waals surface area contributed by atoms with Crippen LogP contribution < -0.4 is 29.6 Å². The first kappa shape index (κ1) is 7.26. The first-order valence-corrected chi connectivity index (χ1v) is 3.97. The molecular weight excluding hydrogens is 150 g/mol. The average Bonchev–Trinajstić information content (AvgIpc) is 1.76. The molecule has 0 amide bonds. The molecule has 0 saturated heterocycles. The predicted octanol–water partition coefficient (Wildman–Crippen LogP) is -1.86. The zero-order valence-electron chi connectivity index (χ0n) is 4.98. The van der Waals surface area contributed by atoms with Crippen molar-refractivity contribution >= 4 is 15.0 Å². The molecule has 0 fully saturated rings. The van der Waals surface area contributed by atoms with E-state index >= 15 is 0 Å². The van der Waals surface area contributed by atoms with Crippen molar-refractivity contribution < 1.29 is 31.0 Å². The third kappa shape index (κ3) is 2.44. The quantitative estimate of drug-likeness (QED) is 0.362. The minimum Gasteiger partial charge on any atom is -1.00 e. The van der Waals surface area contributed by atoms with Crippen LogP contribution >= 0.6 is 0 Å². The number of rotatable bonds is 0. The number of hydrogen-bond donors (Lipinski definition) is 0. The van der Waals surface area contributed by atoms with E-state index in [1.165, 1.54) is 11.7 Å². The Hall–Kier alpha value is 1.26. The van der Waals surface area contributed by atoms with Crippen LogP contribution in [0, 0.1) is 0 Å². The van der Waals surface area contributed by atoms with Gasteiger partial charge in [0.2, 0.25) is 0 Å². The first-order valence-electron chi connectivity index (χ1n) is 1.77. The zero-order chi connectivity index (χ0) is 3.54. The second-order valence-electron chi connectivity index (χ2n) is 1.03. The summed E-state index contributed by atoms with van der Waals surface area (Å²) < 4.78 is 0. The monoisotopic (exact) mass is 158 g/mol. The Labute approximate surface area is 68.3 Å². The molecule has 1 rings (SSSR count). The third-order valence-corrected chi connectivity index (χ3v) is 2.39. The fourth-order valence-electron chi connectivity index (χ4n) is 0.340. The van der Waals surface area contributed by atoms with Crippen LogP contribution in [0.15, 0.2) is 11.1 Å². The van der Waals surface area contributed by atoms with Gasteiger partial charge in [0.05, 0.1) is 0 Å². The van der Waals surface area contributed by atoms with Crippen LogP contribution in [0.4, 0.5) is 0 Å². The molecule has 0 aliphatic carbocycles. The zero-order valence-corrected chi connectivity index (χ0v) is 7.69. The number of allylic oxidation sites excluding steroid dienone is 1. The average molecular weight is 157 g/mol. The summed E-state index contributed by atoms with van der Waals surface area (Å²) >= 11 is 0.889. The summed E-state index contributed by atoms with van der Waals surface area (Å²) in [6.45, 7) is 0. The summed E-state index contributed by atoms with van der Waals surface area (Å²) in [6.07, 6.45) is 3.61. The molecule has 0 saturated carbocycles. The molecular formula is C4H7NaSe. The van der Waals surface area contributed by atoms with Crippen molar-refractivity contribution in [1.29, 1.82) is 0 Å². The molecule has 0 atom stereocenters. The van der Waals surface area contributed by atoms with E-state index in [0.29, 0.717) is 0 Å². The smallest absolute Gasteiger partial charge is 1.00 e. The standard InChI is InChI=1S/C4H6Se.Na.H/c1-2-4-5-3-1;;/h1,3H,2,4H2;;/q;+1;-1. The van der Waals surface area contributed by atoms with Crippen LogP contribution in [0.3, 0.4) is 0 Å². The minimum absolute atomic E-state index is 0. The van der Waals surface area contributed by atoms with Gasteiger partial charge in [0.15, 0.2) is 0 Å². The van der Waals surface area contributed by atoms with Gasteiger partial charge in [-0.1, -0.05) is 0 Å². The van der Waals surface area contributed by atoms with Crippen LogP contribution in [0.2, 0.25) is 5.32 Å². The van der Waals surface area contributed by atoms with Crippen LogP contribution in [-0.4, -0.2) is 15.0 Å². The predicted molar refractivity (Wildman–Crippen MR) is 25.4 cm³/mol. The van der Waals surface area contributed by atoms with Crippen LogP contribution in [0.5, 0.6) is 0 Å². The van der Waals surface area contributed by atoms with Gasteiger partial charge in [-0.05, 0) is 0 Å². The number of hydrogen-bond acceptors (Lipinski definition) is 0. The van der Waals surface area contributed by atoms with Gasteiger partial charge in [0, 0.05) is 0 Å². The van der Waals surface area contributed by atoms with Crippen molar-refractivity contribution in [3.05, 3.63) is 11.1 Å². The Bertz CT molecular complexity index is 49.7. The van der Waals surface area contributed by atoms with Gasteiger partial charge in [-0.2, -0.15) is 0 Å². The Balaban J connectivity index is 0. The molecule has 30 valence electrons. The van der Waals surface area contributed by atoms with Gasteiger partial charge in [0.25, 0.3) is 0 Å². The van der Waals surface area contributed by atoms with Crippen molar-refractivity contribution in [3.63, 3.8) is 0 Å². The van der Waals surface area contributed by atoms with Crippen molar-refractivity contribution in [3.8, 4) is 0 Å². The fraction of sp³-hybridized carbons (Fsp3) is 0.500. The molecule has 0 aromatic heterocycles. The van der Waals surface area contributed by atoms with Gasteiger partial charge < -0.3 is 1.43 Å². The van der Waals surface area contributed by atoms with E-state index in [9.17, 15) is 0 Å². The van der Waals surface area contributed by atoms with Crippen LogP contribution in [0.25, 0.3) is 0 Å². The maximum atomic E-state index is 2.30. The summed E-state index contributed by atoms with van der Waals surface area (Å²) in [4.78, 5) is 2.30. The molecule has 0 unspecified atom stereocenters. The molecule has 2 heteroatoms. The van der Waals surface area contributed by atoms with E-state index in [4.69, 9.17) is 0 Å². The molecule has 0 spiro atoms. The Morgan fingerprint density at radius 3 is 2.67 bits per heavy atom. The van der Waals surface area contributed by atoms with Crippen LogP contribution in [-0.2, 0) is 0 Å². The van der Waals surface area contributed by atoms with Gasteiger partial charge in [-0.15, -0.1) is 0 Å². The van der Waals surface area contributed by atoms with E-state index in [0.717, 1.165) is 15.0 Å². The molecule has 0 nitrogen and oxygen atoms in total. The SMILES string of the molecule is C1=C[Se]CC1.[H-].[Na+]. The molecule has 0 aromatic carbocycles. The maximum absolute atomic E-state index is 2.30. The summed E-state index contributed by atoms with van der Waals surface area (Å²) in [7, 11) is 0. The second-order valence-corrected chi connectivity index (χ2v) is 3.16. The van der Waals surface area contributed by atoms with E-state index in [-0.39, 0.29) is 31.0 Å². The maximum Gasteiger partial charge on any atom is 1.00 e. The molecule has 0 N–H and O–H groups in total. The van der Waals surface area contributed by atoms with E-state index < -0.39 is 0 Å². The third-order valence-electron chi connectivity index (χ3n) is 0.595. The molecule has 0 radical (unpaired) electrons. The van der Waals surface area contributed by atoms with E-state index in [2.05, 4.69) is 11.1 Å². The van der Waals surface area contributed by atoms with E-state index in [1.807, 2.05) is 0 Å². The summed E-state index contributed by atoms with van der Waals surface area (Å²) in [5.74, 6) is 0. The van der Waals surface area contributed by atoms with Gasteiger partial charge in [-0.3, -0.25) is 0 Å². The molecule has 1 heterocycles. The Morgan fingerprint density at radius 1 is 1.67 bits per heavy atom. The topological polar surface area (TPSA) is 0 Å². The molecule has 0 aromatic rings. The molecule has 0 bridgehead atoms. The van der Waals surface area contributed by atoms with Crippen molar-refractivity contribution in [2.75, 3.05) is 0 Å². The second kappa shape index (κ2) is 4.42. The van der Waals surface area contributed by atoms with Gasteiger partial charge in [0.1, 0.15) is 0 Å². The fourth-order valence-corrected chi connectivity index (χ4v) is 1.77. The van der Waals surface area contributed by atoms with Crippen molar-refractivity contribution in [2.45, 2.75) is 11.7 Å². The molecule has 6 heavy (non-hydrogen) atoms. The van der Waals surface area contributed by atoms with Crippen molar-refractivity contribution in [2.24, 2.45) is 0 Å². The molecule has 1 aliphatic heterocycles.